The first kappa shape index (κ1) is 17.9. The summed E-state index contributed by atoms with van der Waals surface area (Å²) in [5.74, 6) is 0. The van der Waals surface area contributed by atoms with Crippen molar-refractivity contribution in [1.82, 2.24) is 9.80 Å². The third-order valence-corrected chi connectivity index (χ3v) is 3.02. The minimum absolute atomic E-state index is 0.840. The fraction of sp³-hybridized carbons (Fsp3) is 0.333. The first-order valence-electron chi connectivity index (χ1n) is 7.38. The Hall–Kier alpha value is -2.20. The molecular weight excluding hydrogens is 272 g/mol. The number of allylic oxidation sites excluding steroid dienone is 1. The lowest BCUT2D eigenvalue weighted by molar-refractivity contribution is 0.473. The lowest BCUT2D eigenvalue weighted by Gasteiger charge is -2.12. The molecular formula is C18H26N4. The van der Waals surface area contributed by atoms with Gasteiger partial charge in [0, 0.05) is 56.7 Å². The van der Waals surface area contributed by atoms with Crippen LogP contribution in [0.15, 0.2) is 64.6 Å². The molecule has 0 saturated carbocycles. The van der Waals surface area contributed by atoms with Crippen LogP contribution in [0.5, 0.6) is 0 Å². The molecule has 0 aliphatic heterocycles. The maximum absolute atomic E-state index is 4.35. The van der Waals surface area contributed by atoms with Gasteiger partial charge in [0.25, 0.3) is 0 Å². The Morgan fingerprint density at radius 2 is 1.77 bits per heavy atom. The van der Waals surface area contributed by atoms with E-state index in [4.69, 9.17) is 0 Å². The average molecular weight is 298 g/mol. The van der Waals surface area contributed by atoms with Gasteiger partial charge in [0.15, 0.2) is 0 Å². The molecule has 1 aromatic carbocycles. The van der Waals surface area contributed by atoms with Gasteiger partial charge in [0.2, 0.25) is 0 Å². The van der Waals surface area contributed by atoms with Gasteiger partial charge in [-0.05, 0) is 26.6 Å². The van der Waals surface area contributed by atoms with Crippen molar-refractivity contribution < 1.29 is 0 Å². The van der Waals surface area contributed by atoms with Crippen molar-refractivity contribution in [3.05, 3.63) is 60.2 Å². The standard InChI is InChI=1S/C18H26N4/c1-17(22(4)15-13-19-12-14-21(2)3)16-20-11-10-18-8-6-5-7-9-18/h5-9,11-13,15-16H,10,14H2,1-4H3. The van der Waals surface area contributed by atoms with Crippen LogP contribution >= 0.6 is 0 Å². The van der Waals surface area contributed by atoms with E-state index in [1.54, 1.807) is 6.20 Å². The fourth-order valence-corrected chi connectivity index (χ4v) is 1.55. The molecule has 4 nitrogen and oxygen atoms in total. The Balaban J connectivity index is 2.40. The summed E-state index contributed by atoms with van der Waals surface area (Å²) in [6, 6.07) is 10.3. The monoisotopic (exact) mass is 298 g/mol. The molecule has 0 fully saturated rings. The molecule has 0 saturated heterocycles. The second kappa shape index (κ2) is 10.5. The maximum Gasteiger partial charge on any atom is 0.0456 e. The highest BCUT2D eigenvalue weighted by atomic mass is 15.1. The van der Waals surface area contributed by atoms with E-state index in [9.17, 15) is 0 Å². The van der Waals surface area contributed by atoms with E-state index < -0.39 is 0 Å². The maximum atomic E-state index is 4.35. The number of hydrogen-bond donors (Lipinski definition) is 0. The zero-order chi connectivity index (χ0) is 16.2. The summed E-state index contributed by atoms with van der Waals surface area (Å²) < 4.78 is 0. The molecule has 22 heavy (non-hydrogen) atoms. The first-order chi connectivity index (χ1) is 10.6. The SMILES string of the molecule is CC(=CN=CCc1ccccc1)N(C)C=CN=CCN(C)C. The predicted octanol–water partition coefficient (Wildman–Crippen LogP) is 3.20. The first-order valence-corrected chi connectivity index (χ1v) is 7.38. The Labute approximate surface area is 134 Å². The van der Waals surface area contributed by atoms with Gasteiger partial charge in [-0.3, -0.25) is 9.98 Å². The molecule has 0 N–H and O–H groups in total. The summed E-state index contributed by atoms with van der Waals surface area (Å²) in [6.45, 7) is 2.86. The summed E-state index contributed by atoms with van der Waals surface area (Å²) in [7, 11) is 6.01. The van der Waals surface area contributed by atoms with Crippen molar-refractivity contribution in [2.75, 3.05) is 27.7 Å². The molecule has 1 rings (SSSR count). The number of hydrogen-bond acceptors (Lipinski definition) is 4. The predicted molar refractivity (Wildman–Crippen MR) is 96.3 cm³/mol. The lowest BCUT2D eigenvalue weighted by Crippen LogP contribution is -2.13. The van der Waals surface area contributed by atoms with Crippen LogP contribution in [-0.4, -0.2) is 49.9 Å². The molecule has 0 aromatic heterocycles. The van der Waals surface area contributed by atoms with Crippen LogP contribution in [0.1, 0.15) is 12.5 Å². The van der Waals surface area contributed by atoms with Crippen molar-refractivity contribution in [2.24, 2.45) is 9.98 Å². The van der Waals surface area contributed by atoms with Crippen molar-refractivity contribution in [1.29, 1.82) is 0 Å². The number of aliphatic imine (C=N–C) groups is 2. The Morgan fingerprint density at radius 1 is 1.05 bits per heavy atom. The Morgan fingerprint density at radius 3 is 2.45 bits per heavy atom. The fourth-order valence-electron chi connectivity index (χ4n) is 1.55. The number of nitrogens with zero attached hydrogens (tertiary/aromatic N) is 4. The molecule has 0 heterocycles. The quantitative estimate of drug-likeness (QED) is 0.690. The molecule has 118 valence electrons. The summed E-state index contributed by atoms with van der Waals surface area (Å²) >= 11 is 0. The van der Waals surface area contributed by atoms with E-state index in [-0.39, 0.29) is 0 Å². The summed E-state index contributed by atoms with van der Waals surface area (Å²) in [5.41, 5.74) is 2.32. The van der Waals surface area contributed by atoms with E-state index in [2.05, 4.69) is 27.0 Å². The minimum Gasteiger partial charge on any atom is -0.352 e. The molecule has 0 atom stereocenters. The summed E-state index contributed by atoms with van der Waals surface area (Å²) in [6.07, 6.45) is 10.2. The van der Waals surface area contributed by atoms with E-state index in [0.29, 0.717) is 0 Å². The number of rotatable bonds is 8. The lowest BCUT2D eigenvalue weighted by atomic mass is 10.2. The molecule has 0 bridgehead atoms. The van der Waals surface area contributed by atoms with Gasteiger partial charge in [-0.25, -0.2) is 0 Å². The van der Waals surface area contributed by atoms with Gasteiger partial charge in [0.05, 0.1) is 0 Å². The van der Waals surface area contributed by atoms with Gasteiger partial charge in [-0.15, -0.1) is 0 Å². The van der Waals surface area contributed by atoms with Crippen LogP contribution < -0.4 is 0 Å². The van der Waals surface area contributed by atoms with Crippen LogP contribution in [0.4, 0.5) is 0 Å². The van der Waals surface area contributed by atoms with Gasteiger partial charge < -0.3 is 9.80 Å². The normalized spacial score (nSPS) is 13.0. The minimum atomic E-state index is 0.840. The molecule has 0 radical (unpaired) electrons. The second-order valence-electron chi connectivity index (χ2n) is 5.29. The van der Waals surface area contributed by atoms with Crippen LogP contribution in [-0.2, 0) is 6.42 Å². The van der Waals surface area contributed by atoms with Gasteiger partial charge in [-0.2, -0.15) is 0 Å². The van der Waals surface area contributed by atoms with Crippen LogP contribution in [0.25, 0.3) is 0 Å². The molecule has 0 amide bonds. The van der Waals surface area contributed by atoms with Crippen molar-refractivity contribution >= 4 is 12.4 Å². The van der Waals surface area contributed by atoms with Crippen molar-refractivity contribution in [2.45, 2.75) is 13.3 Å². The molecule has 0 aliphatic rings. The second-order valence-corrected chi connectivity index (χ2v) is 5.29. The topological polar surface area (TPSA) is 31.2 Å². The van der Waals surface area contributed by atoms with Crippen molar-refractivity contribution in [3.8, 4) is 0 Å². The van der Waals surface area contributed by atoms with Crippen LogP contribution in [0.3, 0.4) is 0 Å². The largest absolute Gasteiger partial charge is 0.352 e. The van der Waals surface area contributed by atoms with E-state index in [1.807, 2.05) is 76.0 Å². The smallest absolute Gasteiger partial charge is 0.0456 e. The highest BCUT2D eigenvalue weighted by Crippen LogP contribution is 2.02. The highest BCUT2D eigenvalue weighted by molar-refractivity contribution is 5.62. The van der Waals surface area contributed by atoms with Gasteiger partial charge in [-0.1, -0.05) is 30.3 Å². The summed E-state index contributed by atoms with van der Waals surface area (Å²) in [5, 5.41) is 0. The van der Waals surface area contributed by atoms with Crippen molar-refractivity contribution in [3.63, 3.8) is 0 Å². The zero-order valence-electron chi connectivity index (χ0n) is 14.0. The van der Waals surface area contributed by atoms with E-state index in [1.165, 1.54) is 5.56 Å². The molecule has 0 unspecified atom stereocenters. The van der Waals surface area contributed by atoms with Crippen LogP contribution in [0.2, 0.25) is 0 Å². The molecule has 1 aromatic rings. The Bertz CT molecular complexity index is 527. The molecule has 0 aliphatic carbocycles. The summed E-state index contributed by atoms with van der Waals surface area (Å²) in [4.78, 5) is 12.6. The van der Waals surface area contributed by atoms with Crippen LogP contribution in [0, 0.1) is 0 Å². The average Bonchev–Trinajstić information content (AvgIpc) is 2.51. The number of benzene rings is 1. The molecule has 0 spiro atoms. The zero-order valence-corrected chi connectivity index (χ0v) is 14.0. The highest BCUT2D eigenvalue weighted by Gasteiger charge is 1.92. The van der Waals surface area contributed by atoms with E-state index in [0.717, 1.165) is 18.7 Å². The third kappa shape index (κ3) is 8.17. The van der Waals surface area contributed by atoms with E-state index >= 15 is 0 Å². The molecule has 4 heteroatoms. The third-order valence-electron chi connectivity index (χ3n) is 3.02. The van der Waals surface area contributed by atoms with Gasteiger partial charge in [0.1, 0.15) is 0 Å². The van der Waals surface area contributed by atoms with Gasteiger partial charge >= 0.3 is 0 Å². The Kier molecular flexibility index (Phi) is 8.53.